The number of aromatic nitrogens is 1. The van der Waals surface area contributed by atoms with Crippen molar-refractivity contribution in [3.8, 4) is 5.75 Å². The molecule has 1 saturated heterocycles. The van der Waals surface area contributed by atoms with Crippen LogP contribution in [0, 0.1) is 12.8 Å². The molecular formula is C29H35N3O2. The summed E-state index contributed by atoms with van der Waals surface area (Å²) in [5.41, 5.74) is 4.76. The molecule has 34 heavy (non-hydrogen) atoms. The Balaban J connectivity index is 1.18. The topological polar surface area (TPSA) is 45.7 Å². The number of hydrogen-bond donors (Lipinski definition) is 0. The molecule has 178 valence electrons. The van der Waals surface area contributed by atoms with Crippen LogP contribution >= 0.6 is 0 Å². The minimum atomic E-state index is -0.243. The Hall–Kier alpha value is -3.18. The number of benzene rings is 2. The van der Waals surface area contributed by atoms with Gasteiger partial charge in [0.05, 0.1) is 0 Å². The van der Waals surface area contributed by atoms with Gasteiger partial charge in [-0.2, -0.15) is 0 Å². The molecule has 1 amide bonds. The van der Waals surface area contributed by atoms with Crippen LogP contribution in [0.1, 0.15) is 41.6 Å². The molecule has 3 aromatic rings. The molecule has 0 atom stereocenters. The van der Waals surface area contributed by atoms with Gasteiger partial charge in [-0.25, -0.2) is 4.79 Å². The van der Waals surface area contributed by atoms with Gasteiger partial charge in [-0.05, 0) is 80.6 Å². The SMILES string of the molecule is Cc1cccnc1Cc1ccc(OC(=O)N2CCC(CCN(C)Cc3ccccc3)CC2)cc1. The average molecular weight is 458 g/mol. The van der Waals surface area contributed by atoms with E-state index in [1.165, 1.54) is 17.5 Å². The van der Waals surface area contributed by atoms with Gasteiger partial charge in [0.25, 0.3) is 0 Å². The third-order valence-corrected chi connectivity index (χ3v) is 6.71. The van der Waals surface area contributed by atoms with Gasteiger partial charge in [0, 0.05) is 37.9 Å². The summed E-state index contributed by atoms with van der Waals surface area (Å²) < 4.78 is 5.65. The van der Waals surface area contributed by atoms with Crippen LogP contribution in [-0.4, -0.2) is 47.6 Å². The predicted molar refractivity (Wildman–Crippen MR) is 136 cm³/mol. The molecule has 2 aromatic carbocycles. The van der Waals surface area contributed by atoms with Crippen LogP contribution in [-0.2, 0) is 13.0 Å². The van der Waals surface area contributed by atoms with E-state index in [0.29, 0.717) is 11.7 Å². The molecule has 1 aliphatic rings. The van der Waals surface area contributed by atoms with Crippen LogP contribution in [0.4, 0.5) is 4.79 Å². The Morgan fingerprint density at radius 2 is 1.74 bits per heavy atom. The van der Waals surface area contributed by atoms with Crippen LogP contribution < -0.4 is 4.74 Å². The van der Waals surface area contributed by atoms with Crippen molar-refractivity contribution in [1.29, 1.82) is 0 Å². The lowest BCUT2D eigenvalue weighted by Crippen LogP contribution is -2.40. The molecule has 1 aromatic heterocycles. The number of rotatable bonds is 8. The van der Waals surface area contributed by atoms with Gasteiger partial charge < -0.3 is 14.5 Å². The van der Waals surface area contributed by atoms with E-state index >= 15 is 0 Å². The van der Waals surface area contributed by atoms with Crippen molar-refractivity contribution in [1.82, 2.24) is 14.8 Å². The standard InChI is InChI=1S/C29H35N3O2/c1-23-7-6-17-30-28(23)21-25-10-12-27(13-11-25)34-29(33)32-19-15-24(16-20-32)14-18-31(2)22-26-8-4-3-5-9-26/h3-13,17,24H,14-16,18-22H2,1-2H3. The lowest BCUT2D eigenvalue weighted by molar-refractivity contribution is 0.126. The van der Waals surface area contributed by atoms with Crippen molar-refractivity contribution in [2.45, 2.75) is 39.2 Å². The molecule has 0 unspecified atom stereocenters. The lowest BCUT2D eigenvalue weighted by atomic mass is 9.93. The van der Waals surface area contributed by atoms with Gasteiger partial charge in [0.15, 0.2) is 0 Å². The lowest BCUT2D eigenvalue weighted by Gasteiger charge is -2.32. The molecule has 1 fully saturated rings. The second-order valence-electron chi connectivity index (χ2n) is 9.40. The first-order valence-electron chi connectivity index (χ1n) is 12.3. The second kappa shape index (κ2) is 11.8. The van der Waals surface area contributed by atoms with Crippen LogP contribution in [0.25, 0.3) is 0 Å². The van der Waals surface area contributed by atoms with Crippen molar-refractivity contribution >= 4 is 6.09 Å². The van der Waals surface area contributed by atoms with Gasteiger partial charge in [-0.15, -0.1) is 0 Å². The Morgan fingerprint density at radius 3 is 2.44 bits per heavy atom. The van der Waals surface area contributed by atoms with Gasteiger partial charge in [-0.1, -0.05) is 48.5 Å². The zero-order valence-corrected chi connectivity index (χ0v) is 20.3. The summed E-state index contributed by atoms with van der Waals surface area (Å²) in [6.45, 7) is 5.66. The first kappa shape index (κ1) is 24.0. The molecule has 0 saturated carbocycles. The summed E-state index contributed by atoms with van der Waals surface area (Å²) >= 11 is 0. The minimum Gasteiger partial charge on any atom is -0.410 e. The molecule has 0 bridgehead atoms. The Morgan fingerprint density at radius 1 is 1.00 bits per heavy atom. The fourth-order valence-corrected chi connectivity index (χ4v) is 4.52. The molecule has 0 spiro atoms. The number of likely N-dealkylation sites (tertiary alicyclic amines) is 1. The van der Waals surface area contributed by atoms with Gasteiger partial charge in [0.2, 0.25) is 0 Å². The number of carbonyl (C=O) groups is 1. The molecule has 5 heteroatoms. The highest BCUT2D eigenvalue weighted by Crippen LogP contribution is 2.23. The van der Waals surface area contributed by atoms with E-state index in [4.69, 9.17) is 4.74 Å². The number of hydrogen-bond acceptors (Lipinski definition) is 4. The zero-order chi connectivity index (χ0) is 23.8. The number of ether oxygens (including phenoxy) is 1. The van der Waals surface area contributed by atoms with E-state index in [9.17, 15) is 4.79 Å². The molecule has 2 heterocycles. The maximum Gasteiger partial charge on any atom is 0.415 e. The zero-order valence-electron chi connectivity index (χ0n) is 20.3. The average Bonchev–Trinajstić information content (AvgIpc) is 2.86. The largest absolute Gasteiger partial charge is 0.415 e. The molecular weight excluding hydrogens is 422 g/mol. The predicted octanol–water partition coefficient (Wildman–Crippen LogP) is 5.71. The summed E-state index contributed by atoms with van der Waals surface area (Å²) in [5, 5.41) is 0. The number of pyridine rings is 1. The highest BCUT2D eigenvalue weighted by atomic mass is 16.6. The van der Waals surface area contributed by atoms with Crippen molar-refractivity contribution < 1.29 is 9.53 Å². The normalized spacial score (nSPS) is 14.4. The Labute approximate surface area is 203 Å². The Kier molecular flexibility index (Phi) is 8.31. The fourth-order valence-electron chi connectivity index (χ4n) is 4.52. The summed E-state index contributed by atoms with van der Waals surface area (Å²) in [4.78, 5) is 21.3. The maximum atomic E-state index is 12.6. The van der Waals surface area contributed by atoms with Gasteiger partial charge >= 0.3 is 6.09 Å². The monoisotopic (exact) mass is 457 g/mol. The highest BCUT2D eigenvalue weighted by Gasteiger charge is 2.24. The van der Waals surface area contributed by atoms with Crippen LogP contribution in [0.2, 0.25) is 0 Å². The maximum absolute atomic E-state index is 12.6. The van der Waals surface area contributed by atoms with E-state index in [1.54, 1.807) is 0 Å². The molecule has 0 N–H and O–H groups in total. The number of carbonyl (C=O) groups excluding carboxylic acids is 1. The molecule has 1 aliphatic heterocycles. The smallest absolute Gasteiger partial charge is 0.410 e. The summed E-state index contributed by atoms with van der Waals surface area (Å²) in [7, 11) is 2.18. The molecule has 0 radical (unpaired) electrons. The molecule has 4 rings (SSSR count). The first-order valence-corrected chi connectivity index (χ1v) is 12.3. The number of aryl methyl sites for hydroxylation is 1. The highest BCUT2D eigenvalue weighted by molar-refractivity contribution is 5.70. The van der Waals surface area contributed by atoms with Crippen molar-refractivity contribution in [3.05, 3.63) is 95.3 Å². The van der Waals surface area contributed by atoms with E-state index in [-0.39, 0.29) is 6.09 Å². The quantitative estimate of drug-likeness (QED) is 0.434. The van der Waals surface area contributed by atoms with Crippen molar-refractivity contribution in [2.75, 3.05) is 26.7 Å². The Bertz CT molecular complexity index is 1040. The van der Waals surface area contributed by atoms with Crippen LogP contribution in [0.15, 0.2) is 72.9 Å². The molecule has 0 aliphatic carbocycles. The van der Waals surface area contributed by atoms with E-state index in [0.717, 1.165) is 56.7 Å². The van der Waals surface area contributed by atoms with Crippen LogP contribution in [0.3, 0.4) is 0 Å². The second-order valence-corrected chi connectivity index (χ2v) is 9.40. The minimum absolute atomic E-state index is 0.243. The van der Waals surface area contributed by atoms with Crippen molar-refractivity contribution in [2.24, 2.45) is 5.92 Å². The van der Waals surface area contributed by atoms with E-state index in [1.807, 2.05) is 41.4 Å². The summed E-state index contributed by atoms with van der Waals surface area (Å²) in [5.74, 6) is 1.26. The number of amides is 1. The molecule has 5 nitrogen and oxygen atoms in total. The summed E-state index contributed by atoms with van der Waals surface area (Å²) in [6, 6.07) is 22.4. The number of nitrogens with zero attached hydrogens (tertiary/aromatic N) is 3. The van der Waals surface area contributed by atoms with Gasteiger partial charge in [0.1, 0.15) is 5.75 Å². The third kappa shape index (κ3) is 6.91. The van der Waals surface area contributed by atoms with E-state index in [2.05, 4.69) is 60.3 Å². The van der Waals surface area contributed by atoms with Crippen molar-refractivity contribution in [3.63, 3.8) is 0 Å². The first-order chi connectivity index (χ1) is 16.6. The van der Waals surface area contributed by atoms with Gasteiger partial charge in [-0.3, -0.25) is 4.98 Å². The fraction of sp³-hybridized carbons (Fsp3) is 0.379. The van der Waals surface area contributed by atoms with E-state index < -0.39 is 0 Å². The van der Waals surface area contributed by atoms with Crippen LogP contribution in [0.5, 0.6) is 5.75 Å². The number of piperidine rings is 1. The third-order valence-electron chi connectivity index (χ3n) is 6.71. The summed E-state index contributed by atoms with van der Waals surface area (Å²) in [6.07, 6.45) is 5.60.